The average Bonchev–Trinajstić information content (AvgIpc) is 2.96. The number of esters is 1. The van der Waals surface area contributed by atoms with Gasteiger partial charge in [0.15, 0.2) is 0 Å². The molecule has 162 valence electrons. The van der Waals surface area contributed by atoms with Crippen molar-refractivity contribution in [1.29, 1.82) is 0 Å². The Hall–Kier alpha value is -3.68. The van der Waals surface area contributed by atoms with Crippen LogP contribution in [0.5, 0.6) is 0 Å². The summed E-state index contributed by atoms with van der Waals surface area (Å²) in [7, 11) is 0. The van der Waals surface area contributed by atoms with Crippen molar-refractivity contribution in [2.24, 2.45) is 0 Å². The number of carbonyl (C=O) groups excluding carboxylic acids is 4. The van der Waals surface area contributed by atoms with Gasteiger partial charge in [0, 0.05) is 6.54 Å². The van der Waals surface area contributed by atoms with E-state index in [2.05, 4.69) is 5.32 Å². The van der Waals surface area contributed by atoms with Gasteiger partial charge in [-0.05, 0) is 50.6 Å². The maximum atomic E-state index is 12.3. The molecule has 1 N–H and O–H groups in total. The SMILES string of the molecule is CC(C)(C)OC(=O)NCc1ccc(C(=O)OCCN2C(=O)c3ccccc3C2=O)cc1. The summed E-state index contributed by atoms with van der Waals surface area (Å²) in [5, 5.41) is 2.64. The van der Waals surface area contributed by atoms with Gasteiger partial charge in [-0.2, -0.15) is 0 Å². The van der Waals surface area contributed by atoms with Crippen LogP contribution in [0.25, 0.3) is 0 Å². The summed E-state index contributed by atoms with van der Waals surface area (Å²) in [6.07, 6.45) is -0.524. The van der Waals surface area contributed by atoms with Crippen LogP contribution in [0.15, 0.2) is 48.5 Å². The lowest BCUT2D eigenvalue weighted by atomic mass is 10.1. The molecule has 0 saturated carbocycles. The minimum atomic E-state index is -0.579. The molecule has 8 nitrogen and oxygen atoms in total. The molecule has 0 aliphatic carbocycles. The van der Waals surface area contributed by atoms with Crippen LogP contribution in [0.4, 0.5) is 4.79 Å². The second kappa shape index (κ2) is 8.99. The second-order valence-electron chi connectivity index (χ2n) is 8.00. The molecule has 0 saturated heterocycles. The van der Waals surface area contributed by atoms with Crippen LogP contribution in [0.1, 0.15) is 57.4 Å². The highest BCUT2D eigenvalue weighted by Gasteiger charge is 2.34. The topological polar surface area (TPSA) is 102 Å². The predicted octanol–water partition coefficient (Wildman–Crippen LogP) is 3.16. The summed E-state index contributed by atoms with van der Waals surface area (Å²) in [6.45, 7) is 5.47. The lowest BCUT2D eigenvalue weighted by molar-refractivity contribution is 0.0420. The third-order valence-electron chi connectivity index (χ3n) is 4.45. The fourth-order valence-corrected chi connectivity index (χ4v) is 3.00. The number of rotatable bonds is 6. The Balaban J connectivity index is 1.47. The number of alkyl carbamates (subject to hydrolysis) is 1. The number of imide groups is 1. The molecule has 1 aliphatic heterocycles. The van der Waals surface area contributed by atoms with Crippen LogP contribution < -0.4 is 5.32 Å². The van der Waals surface area contributed by atoms with Gasteiger partial charge in [-0.25, -0.2) is 9.59 Å². The molecule has 0 spiro atoms. The Kier molecular flexibility index (Phi) is 6.39. The van der Waals surface area contributed by atoms with Crippen LogP contribution in [-0.4, -0.2) is 47.5 Å². The van der Waals surface area contributed by atoms with Crippen molar-refractivity contribution < 1.29 is 28.7 Å². The van der Waals surface area contributed by atoms with E-state index >= 15 is 0 Å². The number of carbonyl (C=O) groups is 4. The van der Waals surface area contributed by atoms with Gasteiger partial charge >= 0.3 is 12.1 Å². The number of hydrogen-bond donors (Lipinski definition) is 1. The molecule has 1 heterocycles. The first kappa shape index (κ1) is 22.0. The molecule has 31 heavy (non-hydrogen) atoms. The van der Waals surface area contributed by atoms with Gasteiger partial charge in [-0.15, -0.1) is 0 Å². The van der Waals surface area contributed by atoms with E-state index < -0.39 is 29.5 Å². The van der Waals surface area contributed by atoms with Crippen LogP contribution in [0.3, 0.4) is 0 Å². The molecule has 3 amide bonds. The van der Waals surface area contributed by atoms with E-state index in [0.717, 1.165) is 10.5 Å². The number of nitrogens with zero attached hydrogens (tertiary/aromatic N) is 1. The number of nitrogens with one attached hydrogen (secondary N) is 1. The number of fused-ring (bicyclic) bond motifs is 1. The zero-order chi connectivity index (χ0) is 22.6. The lowest BCUT2D eigenvalue weighted by Gasteiger charge is -2.19. The van der Waals surface area contributed by atoms with Crippen LogP contribution >= 0.6 is 0 Å². The van der Waals surface area contributed by atoms with Crippen LogP contribution in [0.2, 0.25) is 0 Å². The third-order valence-corrected chi connectivity index (χ3v) is 4.45. The minimum Gasteiger partial charge on any atom is -0.460 e. The van der Waals surface area contributed by atoms with Crippen LogP contribution in [-0.2, 0) is 16.0 Å². The Morgan fingerprint density at radius 2 is 1.52 bits per heavy atom. The molecule has 0 radical (unpaired) electrons. The fourth-order valence-electron chi connectivity index (χ4n) is 3.00. The van der Waals surface area contributed by atoms with E-state index in [9.17, 15) is 19.2 Å². The predicted molar refractivity (Wildman–Crippen MR) is 112 cm³/mol. The Labute approximate surface area is 180 Å². The van der Waals surface area contributed by atoms with Gasteiger partial charge in [0.05, 0.1) is 23.2 Å². The molecule has 0 fully saturated rings. The van der Waals surface area contributed by atoms with E-state index in [1.54, 1.807) is 69.3 Å². The van der Waals surface area contributed by atoms with Crippen molar-refractivity contribution in [3.8, 4) is 0 Å². The quantitative estimate of drug-likeness (QED) is 0.565. The first-order chi connectivity index (χ1) is 14.7. The maximum absolute atomic E-state index is 12.3. The molecule has 0 unspecified atom stereocenters. The van der Waals surface area contributed by atoms with E-state index in [4.69, 9.17) is 9.47 Å². The van der Waals surface area contributed by atoms with Crippen molar-refractivity contribution in [3.63, 3.8) is 0 Å². The molecule has 2 aromatic rings. The standard InChI is InChI=1S/C23H24N2O6/c1-23(2,3)31-22(29)24-14-15-8-10-16(11-9-15)21(28)30-13-12-25-19(26)17-6-4-5-7-18(17)20(25)27/h4-11H,12-14H2,1-3H3,(H,24,29). The minimum absolute atomic E-state index is 0.0179. The highest BCUT2D eigenvalue weighted by atomic mass is 16.6. The summed E-state index contributed by atoms with van der Waals surface area (Å²) < 4.78 is 10.4. The van der Waals surface area contributed by atoms with Gasteiger partial charge in [-0.1, -0.05) is 24.3 Å². The molecular weight excluding hydrogens is 400 g/mol. The number of ether oxygens (including phenoxy) is 2. The smallest absolute Gasteiger partial charge is 0.407 e. The molecule has 0 atom stereocenters. The van der Waals surface area contributed by atoms with E-state index in [1.807, 2.05) is 0 Å². The number of benzene rings is 2. The first-order valence-electron chi connectivity index (χ1n) is 9.84. The monoisotopic (exact) mass is 424 g/mol. The van der Waals surface area contributed by atoms with Gasteiger partial charge in [0.25, 0.3) is 11.8 Å². The van der Waals surface area contributed by atoms with E-state index in [1.165, 1.54) is 0 Å². The summed E-state index contributed by atoms with van der Waals surface area (Å²) >= 11 is 0. The molecular formula is C23H24N2O6. The van der Waals surface area contributed by atoms with Crippen molar-refractivity contribution in [2.45, 2.75) is 32.9 Å². The fraction of sp³-hybridized carbons (Fsp3) is 0.304. The van der Waals surface area contributed by atoms with Gasteiger partial charge < -0.3 is 14.8 Å². The zero-order valence-electron chi connectivity index (χ0n) is 17.6. The first-order valence-corrected chi connectivity index (χ1v) is 9.84. The van der Waals surface area contributed by atoms with Crippen molar-refractivity contribution >= 4 is 23.9 Å². The highest BCUT2D eigenvalue weighted by Crippen LogP contribution is 2.22. The molecule has 2 aromatic carbocycles. The van der Waals surface area contributed by atoms with Crippen LogP contribution in [0, 0.1) is 0 Å². The van der Waals surface area contributed by atoms with Crippen molar-refractivity contribution in [2.75, 3.05) is 13.2 Å². The largest absolute Gasteiger partial charge is 0.460 e. The molecule has 0 bridgehead atoms. The van der Waals surface area contributed by atoms with E-state index in [-0.39, 0.29) is 19.7 Å². The lowest BCUT2D eigenvalue weighted by Crippen LogP contribution is -2.33. The molecule has 3 rings (SSSR count). The van der Waals surface area contributed by atoms with Gasteiger partial charge in [-0.3, -0.25) is 14.5 Å². The molecule has 8 heteroatoms. The third kappa shape index (κ3) is 5.48. The zero-order valence-corrected chi connectivity index (χ0v) is 17.6. The Bertz CT molecular complexity index is 972. The molecule has 0 aromatic heterocycles. The number of amides is 3. The summed E-state index contributed by atoms with van der Waals surface area (Å²) in [4.78, 5) is 49.6. The normalized spacial score (nSPS) is 13.1. The molecule has 1 aliphatic rings. The van der Waals surface area contributed by atoms with Gasteiger partial charge in [0.2, 0.25) is 0 Å². The summed E-state index contributed by atoms with van der Waals surface area (Å²) in [6, 6.07) is 13.1. The average molecular weight is 424 g/mol. The van der Waals surface area contributed by atoms with Crippen molar-refractivity contribution in [1.82, 2.24) is 10.2 Å². The van der Waals surface area contributed by atoms with Crippen molar-refractivity contribution in [3.05, 3.63) is 70.8 Å². The Morgan fingerprint density at radius 1 is 0.935 bits per heavy atom. The summed E-state index contributed by atoms with van der Waals surface area (Å²) in [5.74, 6) is -1.35. The van der Waals surface area contributed by atoms with Gasteiger partial charge in [0.1, 0.15) is 12.2 Å². The highest BCUT2D eigenvalue weighted by molar-refractivity contribution is 6.21. The second-order valence-corrected chi connectivity index (χ2v) is 8.00. The summed E-state index contributed by atoms with van der Waals surface area (Å²) in [5.41, 5.74) is 1.24. The number of hydrogen-bond acceptors (Lipinski definition) is 6. The maximum Gasteiger partial charge on any atom is 0.407 e. The van der Waals surface area contributed by atoms with E-state index in [0.29, 0.717) is 16.7 Å². The Morgan fingerprint density at radius 3 is 2.06 bits per heavy atom.